The van der Waals surface area contributed by atoms with Crippen LogP contribution in [0.15, 0.2) is 82.0 Å². The van der Waals surface area contributed by atoms with Crippen molar-refractivity contribution in [2.24, 2.45) is 0 Å². The molecule has 0 bridgehead atoms. The number of fused-ring (bicyclic) bond motifs is 1. The van der Waals surface area contributed by atoms with Crippen LogP contribution >= 0.6 is 0 Å². The molecule has 6 heteroatoms. The highest BCUT2D eigenvalue weighted by molar-refractivity contribution is 5.85. The summed E-state index contributed by atoms with van der Waals surface area (Å²) in [6.07, 6.45) is 0.0105. The fourth-order valence-electron chi connectivity index (χ4n) is 3.88. The first-order chi connectivity index (χ1) is 16.5. The molecule has 0 spiro atoms. The predicted octanol–water partition coefficient (Wildman–Crippen LogP) is 5.46. The summed E-state index contributed by atoms with van der Waals surface area (Å²) in [6, 6.07) is 21.8. The molecule has 3 aromatic carbocycles. The maximum absolute atomic E-state index is 13.3. The van der Waals surface area contributed by atoms with E-state index in [4.69, 9.17) is 13.9 Å². The molecule has 0 amide bonds. The van der Waals surface area contributed by atoms with Crippen molar-refractivity contribution in [2.45, 2.75) is 20.3 Å². The first-order valence-corrected chi connectivity index (χ1v) is 11.3. The van der Waals surface area contributed by atoms with Crippen molar-refractivity contribution in [1.29, 1.82) is 0 Å². The zero-order valence-corrected chi connectivity index (χ0v) is 19.5. The van der Waals surface area contributed by atoms with Crippen LogP contribution in [-0.4, -0.2) is 26.2 Å². The van der Waals surface area contributed by atoms with Crippen LogP contribution in [0, 0.1) is 0 Å². The minimum Gasteiger partial charge on any atom is -0.497 e. The Bertz CT molecular complexity index is 1340. The molecule has 0 saturated heterocycles. The van der Waals surface area contributed by atoms with E-state index in [9.17, 15) is 9.59 Å². The molecule has 174 valence electrons. The van der Waals surface area contributed by atoms with Gasteiger partial charge in [-0.15, -0.1) is 0 Å². The lowest BCUT2D eigenvalue weighted by Gasteiger charge is -2.21. The molecule has 6 nitrogen and oxygen atoms in total. The van der Waals surface area contributed by atoms with E-state index in [1.165, 1.54) is 0 Å². The van der Waals surface area contributed by atoms with Crippen LogP contribution in [0.3, 0.4) is 0 Å². The molecule has 0 aliphatic heterocycles. The molecule has 0 unspecified atom stereocenters. The second-order valence-electron chi connectivity index (χ2n) is 7.80. The number of carbonyl (C=O) groups is 1. The van der Waals surface area contributed by atoms with E-state index in [-0.39, 0.29) is 23.4 Å². The summed E-state index contributed by atoms with van der Waals surface area (Å²) >= 11 is 0. The number of hydrogen-bond donors (Lipinski definition) is 0. The van der Waals surface area contributed by atoms with E-state index in [1.807, 2.05) is 24.3 Å². The number of hydrogen-bond acceptors (Lipinski definition) is 6. The third-order valence-electron chi connectivity index (χ3n) is 5.74. The van der Waals surface area contributed by atoms with E-state index in [0.717, 1.165) is 24.3 Å². The number of anilines is 1. The van der Waals surface area contributed by atoms with Crippen molar-refractivity contribution < 1.29 is 18.7 Å². The quantitative estimate of drug-likeness (QED) is 0.327. The molecule has 0 saturated carbocycles. The number of benzene rings is 3. The minimum atomic E-state index is -0.547. The van der Waals surface area contributed by atoms with Gasteiger partial charge in [-0.05, 0) is 67.9 Å². The molecule has 0 aliphatic rings. The average Bonchev–Trinajstić information content (AvgIpc) is 2.87. The maximum Gasteiger partial charge on any atom is 0.315 e. The number of ether oxygens (including phenoxy) is 2. The summed E-state index contributed by atoms with van der Waals surface area (Å²) < 4.78 is 16.9. The topological polar surface area (TPSA) is 69.0 Å². The van der Waals surface area contributed by atoms with Crippen LogP contribution in [0.4, 0.5) is 5.69 Å². The molecule has 1 aromatic heterocycles. The SMILES string of the molecule is CCN(CC)c1ccc(-c2oc3ccccc3c(=O)c2OC(=O)Cc2ccc(OC)cc2)cc1. The minimum absolute atomic E-state index is 0.0105. The summed E-state index contributed by atoms with van der Waals surface area (Å²) in [5.74, 6) is 0.280. The van der Waals surface area contributed by atoms with Crippen molar-refractivity contribution in [3.63, 3.8) is 0 Å². The molecular formula is C28H27NO5. The summed E-state index contributed by atoms with van der Waals surface area (Å²) in [5.41, 5.74) is 2.53. The second kappa shape index (κ2) is 10.3. The first kappa shape index (κ1) is 23.1. The fourth-order valence-corrected chi connectivity index (χ4v) is 3.88. The van der Waals surface area contributed by atoms with E-state index >= 15 is 0 Å². The third kappa shape index (κ3) is 4.81. The molecule has 0 aliphatic carbocycles. The molecule has 34 heavy (non-hydrogen) atoms. The lowest BCUT2D eigenvalue weighted by molar-refractivity contribution is -0.133. The highest BCUT2D eigenvalue weighted by atomic mass is 16.5. The summed E-state index contributed by atoms with van der Waals surface area (Å²) in [6.45, 7) is 5.96. The van der Waals surface area contributed by atoms with E-state index in [0.29, 0.717) is 22.3 Å². The van der Waals surface area contributed by atoms with E-state index in [2.05, 4.69) is 18.7 Å². The van der Waals surface area contributed by atoms with Gasteiger partial charge in [0.15, 0.2) is 5.76 Å². The molecule has 4 aromatic rings. The number of methoxy groups -OCH3 is 1. The average molecular weight is 458 g/mol. The van der Waals surface area contributed by atoms with Gasteiger partial charge in [0.25, 0.3) is 0 Å². The Labute approximate surface area is 198 Å². The van der Waals surface area contributed by atoms with Gasteiger partial charge in [-0.2, -0.15) is 0 Å². The summed E-state index contributed by atoms with van der Waals surface area (Å²) in [4.78, 5) is 28.3. The number of nitrogens with zero attached hydrogens (tertiary/aromatic N) is 1. The molecule has 0 radical (unpaired) electrons. The van der Waals surface area contributed by atoms with Crippen LogP contribution in [0.5, 0.6) is 11.5 Å². The highest BCUT2D eigenvalue weighted by Gasteiger charge is 2.21. The van der Waals surface area contributed by atoms with Gasteiger partial charge in [0.05, 0.1) is 18.9 Å². The van der Waals surface area contributed by atoms with Gasteiger partial charge in [0.1, 0.15) is 11.3 Å². The van der Waals surface area contributed by atoms with Gasteiger partial charge in [-0.3, -0.25) is 9.59 Å². The summed E-state index contributed by atoms with van der Waals surface area (Å²) in [7, 11) is 1.58. The Hall–Kier alpha value is -4.06. The predicted molar refractivity (Wildman–Crippen MR) is 134 cm³/mol. The highest BCUT2D eigenvalue weighted by Crippen LogP contribution is 2.32. The Morgan fingerprint density at radius 1 is 0.912 bits per heavy atom. The number of para-hydroxylation sites is 1. The van der Waals surface area contributed by atoms with Crippen molar-refractivity contribution >= 4 is 22.6 Å². The van der Waals surface area contributed by atoms with Crippen LogP contribution in [-0.2, 0) is 11.2 Å². The van der Waals surface area contributed by atoms with E-state index < -0.39 is 5.97 Å². The van der Waals surface area contributed by atoms with Gasteiger partial charge in [0, 0.05) is 24.3 Å². The second-order valence-corrected chi connectivity index (χ2v) is 7.80. The standard InChI is InChI=1S/C28H27NO5/c1-4-29(5-2)21-14-12-20(13-15-21)27-28(26(31)23-8-6-7-9-24(23)33-27)34-25(30)18-19-10-16-22(32-3)17-11-19/h6-17H,4-5,18H2,1-3H3. The molecule has 0 fully saturated rings. The maximum atomic E-state index is 13.3. The number of esters is 1. The van der Waals surface area contributed by atoms with Gasteiger partial charge in [0.2, 0.25) is 11.2 Å². The Kier molecular flexibility index (Phi) is 6.97. The van der Waals surface area contributed by atoms with Crippen molar-refractivity contribution in [3.8, 4) is 22.8 Å². The van der Waals surface area contributed by atoms with Gasteiger partial charge in [-0.1, -0.05) is 24.3 Å². The Balaban J connectivity index is 1.71. The molecular weight excluding hydrogens is 430 g/mol. The van der Waals surface area contributed by atoms with Crippen LogP contribution in [0.25, 0.3) is 22.3 Å². The largest absolute Gasteiger partial charge is 0.497 e. The van der Waals surface area contributed by atoms with Crippen molar-refractivity contribution in [2.75, 3.05) is 25.1 Å². The molecule has 0 N–H and O–H groups in total. The Morgan fingerprint density at radius 3 is 2.24 bits per heavy atom. The monoisotopic (exact) mass is 457 g/mol. The lowest BCUT2D eigenvalue weighted by atomic mass is 10.1. The van der Waals surface area contributed by atoms with E-state index in [1.54, 1.807) is 55.6 Å². The lowest BCUT2D eigenvalue weighted by Crippen LogP contribution is -2.21. The molecule has 1 heterocycles. The summed E-state index contributed by atoms with van der Waals surface area (Å²) in [5, 5.41) is 0.359. The van der Waals surface area contributed by atoms with Crippen molar-refractivity contribution in [1.82, 2.24) is 0 Å². The normalized spacial score (nSPS) is 10.8. The molecule has 0 atom stereocenters. The Morgan fingerprint density at radius 2 is 1.59 bits per heavy atom. The zero-order chi connectivity index (χ0) is 24.1. The zero-order valence-electron chi connectivity index (χ0n) is 19.5. The smallest absolute Gasteiger partial charge is 0.315 e. The van der Waals surface area contributed by atoms with Crippen LogP contribution < -0.4 is 19.8 Å². The van der Waals surface area contributed by atoms with Crippen molar-refractivity contribution in [3.05, 3.63) is 88.6 Å². The van der Waals surface area contributed by atoms with Gasteiger partial charge < -0.3 is 18.8 Å². The van der Waals surface area contributed by atoms with Gasteiger partial charge in [-0.25, -0.2) is 0 Å². The van der Waals surface area contributed by atoms with Crippen LogP contribution in [0.1, 0.15) is 19.4 Å². The fraction of sp³-hybridized carbons (Fsp3) is 0.214. The van der Waals surface area contributed by atoms with Crippen LogP contribution in [0.2, 0.25) is 0 Å². The molecule has 4 rings (SSSR count). The number of rotatable bonds is 8. The third-order valence-corrected chi connectivity index (χ3v) is 5.74. The number of carbonyl (C=O) groups excluding carboxylic acids is 1. The van der Waals surface area contributed by atoms with Gasteiger partial charge >= 0.3 is 5.97 Å². The first-order valence-electron chi connectivity index (χ1n) is 11.3.